The van der Waals surface area contributed by atoms with Gasteiger partial charge in [-0.25, -0.2) is 28.1 Å². The Bertz CT molecular complexity index is 2280. The molecular formula is C34H26F2N6O4. The van der Waals surface area contributed by atoms with Crippen LogP contribution in [0.5, 0.6) is 0 Å². The average molecular weight is 621 g/mol. The maximum atomic E-state index is 14.4. The van der Waals surface area contributed by atoms with Crippen LogP contribution >= 0.6 is 0 Å². The molecule has 0 radical (unpaired) electrons. The molecule has 0 aliphatic heterocycles. The number of carbonyl (C=O) groups excluding carboxylic acids is 2. The fourth-order valence-electron chi connectivity index (χ4n) is 6.22. The highest BCUT2D eigenvalue weighted by Gasteiger charge is 2.28. The summed E-state index contributed by atoms with van der Waals surface area (Å²) in [5, 5.41) is 2.91. The first-order valence-corrected chi connectivity index (χ1v) is 14.7. The number of rotatable bonds is 6. The van der Waals surface area contributed by atoms with Crippen LogP contribution in [0.25, 0.3) is 33.5 Å². The molecule has 10 nitrogen and oxygen atoms in total. The van der Waals surface area contributed by atoms with Crippen molar-refractivity contribution < 1.29 is 18.4 Å². The van der Waals surface area contributed by atoms with Crippen LogP contribution in [0.15, 0.2) is 94.9 Å². The summed E-state index contributed by atoms with van der Waals surface area (Å²) in [6.45, 7) is 0. The van der Waals surface area contributed by atoms with Gasteiger partial charge in [-0.05, 0) is 67.1 Å². The molecule has 0 bridgehead atoms. The van der Waals surface area contributed by atoms with Crippen molar-refractivity contribution in [2.45, 2.75) is 37.8 Å². The van der Waals surface area contributed by atoms with Crippen molar-refractivity contribution in [2.24, 2.45) is 0 Å². The number of hydrogen-bond donors (Lipinski definition) is 1. The number of hydrogen-bond acceptors (Lipinski definition) is 6. The topological polar surface area (TPSA) is 120 Å². The van der Waals surface area contributed by atoms with Crippen molar-refractivity contribution in [3.05, 3.63) is 129 Å². The molecule has 1 amide bonds. The summed E-state index contributed by atoms with van der Waals surface area (Å²) in [5.74, 6) is -1.57. The van der Waals surface area contributed by atoms with Crippen LogP contribution in [-0.2, 0) is 0 Å². The lowest BCUT2D eigenvalue weighted by molar-refractivity contribution is 0.0917. The fraction of sp³-hybridized carbons (Fsp3) is 0.176. The van der Waals surface area contributed by atoms with Crippen molar-refractivity contribution in [1.82, 2.24) is 28.8 Å². The number of carbonyl (C=O) groups is 2. The van der Waals surface area contributed by atoms with Crippen LogP contribution in [0.3, 0.4) is 0 Å². The van der Waals surface area contributed by atoms with E-state index in [2.05, 4.69) is 15.3 Å². The Labute approximate surface area is 259 Å². The van der Waals surface area contributed by atoms with E-state index in [0.29, 0.717) is 53.7 Å². The molecular weight excluding hydrogens is 594 g/mol. The van der Waals surface area contributed by atoms with Crippen LogP contribution in [0, 0.1) is 11.6 Å². The Morgan fingerprint density at radius 1 is 0.913 bits per heavy atom. The predicted octanol–water partition coefficient (Wildman–Crippen LogP) is 4.87. The van der Waals surface area contributed by atoms with Crippen molar-refractivity contribution in [3.8, 4) is 16.8 Å². The van der Waals surface area contributed by atoms with Crippen molar-refractivity contribution in [2.75, 3.05) is 0 Å². The number of pyridine rings is 2. The van der Waals surface area contributed by atoms with E-state index in [4.69, 9.17) is 0 Å². The first-order chi connectivity index (χ1) is 22.3. The number of halogens is 2. The summed E-state index contributed by atoms with van der Waals surface area (Å²) in [5.41, 5.74) is 1.54. The highest BCUT2D eigenvalue weighted by molar-refractivity contribution is 5.93. The van der Waals surface area contributed by atoms with Gasteiger partial charge in [-0.3, -0.25) is 19.0 Å². The van der Waals surface area contributed by atoms with Crippen molar-refractivity contribution in [1.29, 1.82) is 0 Å². The van der Waals surface area contributed by atoms with Gasteiger partial charge >= 0.3 is 5.69 Å². The first kappa shape index (κ1) is 29.0. The Kier molecular flexibility index (Phi) is 7.31. The lowest BCUT2D eigenvalue weighted by Gasteiger charge is -2.30. The number of aldehydes is 1. The summed E-state index contributed by atoms with van der Waals surface area (Å²) in [6.07, 6.45) is 6.15. The Balaban J connectivity index is 1.21. The summed E-state index contributed by atoms with van der Waals surface area (Å²) in [7, 11) is 0. The predicted molar refractivity (Wildman–Crippen MR) is 166 cm³/mol. The number of imidazole rings is 1. The third-order valence-corrected chi connectivity index (χ3v) is 8.44. The summed E-state index contributed by atoms with van der Waals surface area (Å²) >= 11 is 0. The molecule has 1 fully saturated rings. The Hall–Kier alpha value is -5.78. The maximum Gasteiger partial charge on any atom is 0.337 e. The lowest BCUT2D eigenvalue weighted by atomic mass is 9.90. The van der Waals surface area contributed by atoms with Crippen LogP contribution in [-0.4, -0.2) is 41.7 Å². The molecule has 1 N–H and O–H groups in total. The van der Waals surface area contributed by atoms with Gasteiger partial charge in [-0.1, -0.05) is 36.4 Å². The van der Waals surface area contributed by atoms with Crippen molar-refractivity contribution in [3.63, 3.8) is 0 Å². The van der Waals surface area contributed by atoms with Crippen LogP contribution < -0.4 is 16.6 Å². The highest BCUT2D eigenvalue weighted by Crippen LogP contribution is 2.29. The minimum absolute atomic E-state index is 0.0155. The van der Waals surface area contributed by atoms with Crippen LogP contribution in [0.1, 0.15) is 52.6 Å². The molecule has 1 aliphatic rings. The van der Waals surface area contributed by atoms with Gasteiger partial charge < -0.3 is 9.72 Å². The van der Waals surface area contributed by atoms with Crippen molar-refractivity contribution >= 4 is 28.9 Å². The zero-order chi connectivity index (χ0) is 31.9. The molecule has 4 heterocycles. The highest BCUT2D eigenvalue weighted by atomic mass is 19.1. The number of amides is 1. The standard InChI is InChI=1S/C34H26F2N6O4/c35-22-8-13-30-39-29(18-40(30)17-22)32(44)38-24-9-11-25(12-10-24)42-33(45)28-15-23(36)16-37-31(28)41(34(42)46)26-6-3-5-20(14-26)27-7-2-1-4-21(27)19-43/h1-8,13-19,24-25H,9-12H2,(H,38,44)/t24-,25+. The minimum Gasteiger partial charge on any atom is -0.348 e. The van der Waals surface area contributed by atoms with Gasteiger partial charge in [0.25, 0.3) is 11.5 Å². The molecule has 46 heavy (non-hydrogen) atoms. The van der Waals surface area contributed by atoms with Crippen LogP contribution in [0.4, 0.5) is 8.78 Å². The molecule has 0 spiro atoms. The molecule has 4 aromatic heterocycles. The number of nitrogens with one attached hydrogen (secondary N) is 1. The third-order valence-electron chi connectivity index (χ3n) is 8.44. The second-order valence-electron chi connectivity index (χ2n) is 11.3. The quantitative estimate of drug-likeness (QED) is 0.266. The van der Waals surface area contributed by atoms with E-state index < -0.39 is 34.8 Å². The number of benzene rings is 2. The molecule has 6 aromatic rings. The molecule has 7 rings (SSSR count). The molecule has 0 unspecified atom stereocenters. The van der Waals surface area contributed by atoms with E-state index >= 15 is 0 Å². The van der Waals surface area contributed by atoms with E-state index in [1.807, 2.05) is 6.07 Å². The van der Waals surface area contributed by atoms with Gasteiger partial charge in [0.1, 0.15) is 23.0 Å². The molecule has 2 aromatic carbocycles. The number of fused-ring (bicyclic) bond motifs is 2. The van der Waals surface area contributed by atoms with Gasteiger partial charge in [0.2, 0.25) is 0 Å². The fourth-order valence-corrected chi connectivity index (χ4v) is 6.22. The van der Waals surface area contributed by atoms with Gasteiger partial charge in [-0.2, -0.15) is 0 Å². The number of nitrogens with zero attached hydrogens (tertiary/aromatic N) is 5. The second-order valence-corrected chi connectivity index (χ2v) is 11.3. The maximum absolute atomic E-state index is 14.4. The number of aromatic nitrogens is 5. The zero-order valence-electron chi connectivity index (χ0n) is 24.3. The zero-order valence-corrected chi connectivity index (χ0v) is 24.3. The smallest absolute Gasteiger partial charge is 0.337 e. The molecule has 0 atom stereocenters. The SMILES string of the molecule is O=Cc1ccccc1-c1cccc(-n2c(=O)n([C@H]3CC[C@@H](NC(=O)c4cn5cc(F)ccc5n4)CC3)c(=O)c3cc(F)cnc32)c1. The average Bonchev–Trinajstić information content (AvgIpc) is 3.50. The summed E-state index contributed by atoms with van der Waals surface area (Å²) < 4.78 is 31.9. The molecule has 1 aliphatic carbocycles. The molecule has 230 valence electrons. The largest absolute Gasteiger partial charge is 0.348 e. The molecule has 1 saturated carbocycles. The molecule has 0 saturated heterocycles. The van der Waals surface area contributed by atoms with E-state index in [0.717, 1.165) is 23.1 Å². The first-order valence-electron chi connectivity index (χ1n) is 14.7. The van der Waals surface area contributed by atoms with Gasteiger partial charge in [0.05, 0.1) is 17.3 Å². The minimum atomic E-state index is -0.712. The van der Waals surface area contributed by atoms with E-state index in [1.165, 1.54) is 33.5 Å². The lowest BCUT2D eigenvalue weighted by Crippen LogP contribution is -2.45. The van der Waals surface area contributed by atoms with Gasteiger partial charge in [0, 0.05) is 30.0 Å². The van der Waals surface area contributed by atoms with E-state index in [1.54, 1.807) is 42.5 Å². The second kappa shape index (κ2) is 11.6. The van der Waals surface area contributed by atoms with E-state index in [-0.39, 0.29) is 22.8 Å². The summed E-state index contributed by atoms with van der Waals surface area (Å²) in [4.78, 5) is 60.9. The Morgan fingerprint density at radius 2 is 1.72 bits per heavy atom. The monoisotopic (exact) mass is 620 g/mol. The van der Waals surface area contributed by atoms with Gasteiger partial charge in [-0.15, -0.1) is 0 Å². The Morgan fingerprint density at radius 3 is 2.52 bits per heavy atom. The summed E-state index contributed by atoms with van der Waals surface area (Å²) in [6, 6.07) is 17.1. The molecule has 12 heteroatoms. The normalized spacial score (nSPS) is 16.5. The third kappa shape index (κ3) is 5.17. The van der Waals surface area contributed by atoms with Crippen LogP contribution in [0.2, 0.25) is 0 Å². The van der Waals surface area contributed by atoms with E-state index in [9.17, 15) is 28.0 Å². The van der Waals surface area contributed by atoms with Gasteiger partial charge in [0.15, 0.2) is 11.9 Å².